The first-order valence-electron chi connectivity index (χ1n) is 10.0. The van der Waals surface area contributed by atoms with Gasteiger partial charge in [0.25, 0.3) is 0 Å². The zero-order valence-corrected chi connectivity index (χ0v) is 19.9. The third-order valence-corrected chi connectivity index (χ3v) is 8.11. The molecule has 158 valence electrons. The fraction of sp³-hybridized carbons (Fsp3) is 0.789. The van der Waals surface area contributed by atoms with Gasteiger partial charge < -0.3 is 15.1 Å². The van der Waals surface area contributed by atoms with Gasteiger partial charge in [-0.25, -0.2) is 0 Å². The molecule has 1 aliphatic heterocycles. The Kier molecular flexibility index (Phi) is 7.84. The molecule has 9 heteroatoms. The van der Waals surface area contributed by atoms with Crippen molar-refractivity contribution in [2.24, 2.45) is 5.92 Å². The number of carbonyl (C=O) groups is 1. The first kappa shape index (κ1) is 23.1. The van der Waals surface area contributed by atoms with Gasteiger partial charge in [-0.1, -0.05) is 25.6 Å². The van der Waals surface area contributed by atoms with Crippen LogP contribution < -0.4 is 10.2 Å². The molecule has 1 aliphatic rings. The monoisotopic (exact) mass is 426 g/mol. The van der Waals surface area contributed by atoms with Crippen LogP contribution in [0.2, 0.25) is 0 Å². The molecule has 0 saturated carbocycles. The summed E-state index contributed by atoms with van der Waals surface area (Å²) in [7, 11) is 0. The summed E-state index contributed by atoms with van der Waals surface area (Å²) in [6.45, 7) is 19.0. The van der Waals surface area contributed by atoms with Crippen LogP contribution in [0.1, 0.15) is 55.4 Å². The van der Waals surface area contributed by atoms with E-state index in [1.807, 2.05) is 23.6 Å². The van der Waals surface area contributed by atoms with Crippen LogP contribution in [0.15, 0.2) is 5.16 Å². The number of carbonyl (C=O) groups excluding carboxylic acids is 1. The molecule has 7 nitrogen and oxygen atoms in total. The number of anilines is 2. The molecule has 0 radical (unpaired) electrons. The summed E-state index contributed by atoms with van der Waals surface area (Å²) in [5, 5.41) is 3.98. The Bertz CT molecular complexity index is 680. The molecule has 2 atom stereocenters. The van der Waals surface area contributed by atoms with E-state index < -0.39 is 0 Å². The molecule has 0 aliphatic carbocycles. The molecular formula is C19H34N6OS2. The Labute approximate surface area is 177 Å². The van der Waals surface area contributed by atoms with Gasteiger partial charge in [0.1, 0.15) is 5.37 Å². The van der Waals surface area contributed by atoms with Gasteiger partial charge in [0.15, 0.2) is 5.16 Å². The van der Waals surface area contributed by atoms with Crippen molar-refractivity contribution >= 4 is 41.3 Å². The standard InChI is InChI=1S/C19H34N6OS2/c1-9-20-16-21-17(24(10-2)11-3)23-18(22-16)27-15-19(7,8)28-14(12(4)5)25(15)13(6)26/h12,14-15H,9-11H2,1-8H3,(H,20,21,22,23). The first-order chi connectivity index (χ1) is 13.1. The zero-order valence-electron chi connectivity index (χ0n) is 18.3. The Morgan fingerprint density at radius 3 is 2.39 bits per heavy atom. The predicted octanol–water partition coefficient (Wildman–Crippen LogP) is 3.92. The fourth-order valence-corrected chi connectivity index (χ4v) is 6.32. The lowest BCUT2D eigenvalue weighted by atomic mass is 10.1. The van der Waals surface area contributed by atoms with E-state index in [1.165, 1.54) is 0 Å². The van der Waals surface area contributed by atoms with E-state index >= 15 is 0 Å². The van der Waals surface area contributed by atoms with Crippen molar-refractivity contribution in [3.05, 3.63) is 0 Å². The maximum Gasteiger partial charge on any atom is 0.231 e. The van der Waals surface area contributed by atoms with Crippen LogP contribution >= 0.6 is 23.5 Å². The Morgan fingerprint density at radius 2 is 1.89 bits per heavy atom. The second-order valence-corrected chi connectivity index (χ2v) is 10.5. The van der Waals surface area contributed by atoms with Gasteiger partial charge in [0, 0.05) is 31.3 Å². The van der Waals surface area contributed by atoms with E-state index in [1.54, 1.807) is 18.7 Å². The third kappa shape index (κ3) is 5.03. The van der Waals surface area contributed by atoms with Crippen molar-refractivity contribution in [1.82, 2.24) is 19.9 Å². The molecule has 0 aromatic carbocycles. The van der Waals surface area contributed by atoms with Crippen LogP contribution in [-0.4, -0.2) is 60.9 Å². The van der Waals surface area contributed by atoms with Crippen LogP contribution in [0, 0.1) is 5.92 Å². The zero-order chi connectivity index (χ0) is 21.1. The molecule has 1 N–H and O–H groups in total. The molecule has 1 aromatic heterocycles. The van der Waals surface area contributed by atoms with E-state index in [2.05, 4.69) is 61.7 Å². The van der Waals surface area contributed by atoms with Crippen LogP contribution in [0.3, 0.4) is 0 Å². The van der Waals surface area contributed by atoms with Gasteiger partial charge in [-0.3, -0.25) is 4.79 Å². The lowest BCUT2D eigenvalue weighted by Crippen LogP contribution is -2.44. The third-order valence-electron chi connectivity index (χ3n) is 4.68. The molecule has 1 saturated heterocycles. The average molecular weight is 427 g/mol. The number of aromatic nitrogens is 3. The van der Waals surface area contributed by atoms with E-state index in [0.29, 0.717) is 23.0 Å². The maximum absolute atomic E-state index is 12.5. The average Bonchev–Trinajstić information content (AvgIpc) is 2.87. The molecule has 2 heterocycles. The normalized spacial score (nSPS) is 21.2. The summed E-state index contributed by atoms with van der Waals surface area (Å²) in [5.41, 5.74) is 0. The summed E-state index contributed by atoms with van der Waals surface area (Å²) in [6, 6.07) is 0. The van der Waals surface area contributed by atoms with Crippen molar-refractivity contribution in [2.45, 2.75) is 76.0 Å². The van der Waals surface area contributed by atoms with Gasteiger partial charge in [0.05, 0.1) is 5.37 Å². The summed E-state index contributed by atoms with van der Waals surface area (Å²) in [5.74, 6) is 1.73. The molecule has 2 rings (SSSR count). The molecule has 1 aromatic rings. The lowest BCUT2D eigenvalue weighted by molar-refractivity contribution is -0.130. The highest BCUT2D eigenvalue weighted by Gasteiger charge is 2.50. The second kappa shape index (κ2) is 9.52. The minimum absolute atomic E-state index is 0.0381. The minimum atomic E-state index is -0.106. The fourth-order valence-electron chi connectivity index (χ4n) is 3.28. The number of nitrogens with one attached hydrogen (secondary N) is 1. The van der Waals surface area contributed by atoms with Crippen molar-refractivity contribution in [3.8, 4) is 0 Å². The van der Waals surface area contributed by atoms with Gasteiger partial charge in [-0.15, -0.1) is 11.8 Å². The van der Waals surface area contributed by atoms with Gasteiger partial charge >= 0.3 is 0 Å². The number of nitrogens with zero attached hydrogens (tertiary/aromatic N) is 5. The SMILES string of the molecule is CCNc1nc(SC2N(C(C)=O)C(C(C)C)SC2(C)C)nc(N(CC)CC)n1. The van der Waals surface area contributed by atoms with Crippen molar-refractivity contribution in [3.63, 3.8) is 0 Å². The molecule has 1 fully saturated rings. The highest BCUT2D eigenvalue weighted by Crippen LogP contribution is 2.51. The molecule has 1 amide bonds. The highest BCUT2D eigenvalue weighted by molar-refractivity contribution is 8.05. The topological polar surface area (TPSA) is 74.2 Å². The van der Waals surface area contributed by atoms with E-state index in [9.17, 15) is 4.79 Å². The van der Waals surface area contributed by atoms with Crippen LogP contribution in [-0.2, 0) is 4.79 Å². The Hall–Kier alpha value is -1.22. The van der Waals surface area contributed by atoms with Crippen molar-refractivity contribution in [1.29, 1.82) is 0 Å². The molecule has 0 spiro atoms. The molecular weight excluding hydrogens is 392 g/mol. The maximum atomic E-state index is 12.5. The van der Waals surface area contributed by atoms with E-state index in [0.717, 1.165) is 19.6 Å². The van der Waals surface area contributed by atoms with E-state index in [4.69, 9.17) is 4.98 Å². The van der Waals surface area contributed by atoms with Crippen LogP contribution in [0.4, 0.5) is 11.9 Å². The molecule has 28 heavy (non-hydrogen) atoms. The van der Waals surface area contributed by atoms with Crippen molar-refractivity contribution < 1.29 is 4.79 Å². The number of amides is 1. The second-order valence-electron chi connectivity index (χ2n) is 7.70. The first-order valence-corrected chi connectivity index (χ1v) is 11.8. The summed E-state index contributed by atoms with van der Waals surface area (Å²) in [4.78, 5) is 30.6. The summed E-state index contributed by atoms with van der Waals surface area (Å²) < 4.78 is -0.106. The number of hydrogen-bond acceptors (Lipinski definition) is 8. The number of thioether (sulfide) groups is 2. The van der Waals surface area contributed by atoms with Crippen LogP contribution in [0.5, 0.6) is 0 Å². The summed E-state index contributed by atoms with van der Waals surface area (Å²) in [6.07, 6.45) is 0. The van der Waals surface area contributed by atoms with Crippen molar-refractivity contribution in [2.75, 3.05) is 29.9 Å². The number of hydrogen-bond donors (Lipinski definition) is 1. The lowest BCUT2D eigenvalue weighted by Gasteiger charge is -2.32. The smallest absolute Gasteiger partial charge is 0.231 e. The minimum Gasteiger partial charge on any atom is -0.354 e. The quantitative estimate of drug-likeness (QED) is 0.670. The molecule has 2 unspecified atom stereocenters. The van der Waals surface area contributed by atoms with E-state index in [-0.39, 0.29) is 21.4 Å². The largest absolute Gasteiger partial charge is 0.354 e. The predicted molar refractivity (Wildman–Crippen MR) is 120 cm³/mol. The highest BCUT2D eigenvalue weighted by atomic mass is 32.2. The van der Waals surface area contributed by atoms with Gasteiger partial charge in [0.2, 0.25) is 17.8 Å². The van der Waals surface area contributed by atoms with Gasteiger partial charge in [-0.05, 0) is 40.5 Å². The van der Waals surface area contributed by atoms with Crippen LogP contribution in [0.25, 0.3) is 0 Å². The Balaban J connectivity index is 2.42. The molecule has 0 bridgehead atoms. The summed E-state index contributed by atoms with van der Waals surface area (Å²) >= 11 is 3.42. The number of rotatable bonds is 8. The van der Waals surface area contributed by atoms with Gasteiger partial charge in [-0.2, -0.15) is 15.0 Å². The Morgan fingerprint density at radius 1 is 1.25 bits per heavy atom.